The van der Waals surface area contributed by atoms with Crippen molar-refractivity contribution in [3.05, 3.63) is 26.7 Å². The molecule has 0 aliphatic heterocycles. The third-order valence-electron chi connectivity index (χ3n) is 1.65. The molecule has 6 heteroatoms. The van der Waals surface area contributed by atoms with Crippen LogP contribution in [-0.2, 0) is 0 Å². The maximum Gasteiger partial charge on any atom is 0.287 e. The molecule has 0 unspecified atom stereocenters. The molecule has 76 valence electrons. The topological polar surface area (TPSA) is 52.4 Å². The van der Waals surface area contributed by atoms with Gasteiger partial charge in [0.05, 0.1) is 27.5 Å². The van der Waals surface area contributed by atoms with Gasteiger partial charge in [-0.25, -0.2) is 0 Å². The van der Waals surface area contributed by atoms with Crippen LogP contribution in [0.3, 0.4) is 0 Å². The van der Waals surface area contributed by atoms with E-state index in [2.05, 4.69) is 15.9 Å². The largest absolute Gasteiger partial charge is 0.495 e. The number of methoxy groups -OCH3 is 1. The van der Waals surface area contributed by atoms with Crippen molar-refractivity contribution in [1.82, 2.24) is 0 Å². The van der Waals surface area contributed by atoms with Gasteiger partial charge in [0.2, 0.25) is 0 Å². The van der Waals surface area contributed by atoms with Crippen LogP contribution < -0.4 is 4.74 Å². The van der Waals surface area contributed by atoms with Crippen molar-refractivity contribution in [3.8, 4) is 5.75 Å². The number of rotatable bonds is 3. The molecule has 1 rings (SSSR count). The summed E-state index contributed by atoms with van der Waals surface area (Å²) in [5.74, 6) is 0.521. The first-order valence-electron chi connectivity index (χ1n) is 3.66. The SMILES string of the molecule is COc1cc([N+](=O)[O-])c(Br)cc1SC. The molecular formula is C8H8BrNO3S. The third-order valence-corrected chi connectivity index (χ3v) is 3.04. The van der Waals surface area contributed by atoms with Gasteiger partial charge in [-0.05, 0) is 28.3 Å². The number of nitro groups is 1. The van der Waals surface area contributed by atoms with Crippen molar-refractivity contribution in [3.63, 3.8) is 0 Å². The van der Waals surface area contributed by atoms with Crippen LogP contribution in [0.15, 0.2) is 21.5 Å². The fourth-order valence-electron chi connectivity index (χ4n) is 0.983. The lowest BCUT2D eigenvalue weighted by atomic mass is 10.3. The Kier molecular flexibility index (Phi) is 3.77. The van der Waals surface area contributed by atoms with Gasteiger partial charge in [0.15, 0.2) is 0 Å². The molecule has 0 aliphatic rings. The number of ether oxygens (including phenoxy) is 1. The van der Waals surface area contributed by atoms with Gasteiger partial charge in [0.25, 0.3) is 5.69 Å². The van der Waals surface area contributed by atoms with Crippen LogP contribution >= 0.6 is 27.7 Å². The average Bonchev–Trinajstić information content (AvgIpc) is 2.16. The van der Waals surface area contributed by atoms with Gasteiger partial charge in [-0.3, -0.25) is 10.1 Å². The Hall–Kier alpha value is -0.750. The van der Waals surface area contributed by atoms with E-state index in [4.69, 9.17) is 4.74 Å². The van der Waals surface area contributed by atoms with E-state index in [9.17, 15) is 10.1 Å². The first-order chi connectivity index (χ1) is 6.60. The third kappa shape index (κ3) is 2.19. The maximum atomic E-state index is 10.6. The van der Waals surface area contributed by atoms with E-state index in [-0.39, 0.29) is 5.69 Å². The molecule has 14 heavy (non-hydrogen) atoms. The maximum absolute atomic E-state index is 10.6. The Morgan fingerprint density at radius 3 is 2.64 bits per heavy atom. The lowest BCUT2D eigenvalue weighted by Gasteiger charge is -2.06. The Balaban J connectivity index is 3.30. The second-order valence-corrected chi connectivity index (χ2v) is 4.12. The monoisotopic (exact) mass is 277 g/mol. The summed E-state index contributed by atoms with van der Waals surface area (Å²) in [6, 6.07) is 3.09. The number of thioether (sulfide) groups is 1. The highest BCUT2D eigenvalue weighted by Crippen LogP contribution is 2.36. The van der Waals surface area contributed by atoms with Gasteiger partial charge in [-0.2, -0.15) is 0 Å². The van der Waals surface area contributed by atoms with Crippen molar-refractivity contribution >= 4 is 33.4 Å². The predicted molar refractivity (Wildman–Crippen MR) is 59.1 cm³/mol. The van der Waals surface area contributed by atoms with Gasteiger partial charge in [0.1, 0.15) is 5.75 Å². The van der Waals surface area contributed by atoms with Crippen molar-refractivity contribution in [1.29, 1.82) is 0 Å². The van der Waals surface area contributed by atoms with Gasteiger partial charge in [-0.1, -0.05) is 0 Å². The van der Waals surface area contributed by atoms with Crippen molar-refractivity contribution in [2.45, 2.75) is 4.90 Å². The second kappa shape index (κ2) is 4.65. The summed E-state index contributed by atoms with van der Waals surface area (Å²) in [5, 5.41) is 10.6. The fraction of sp³-hybridized carbons (Fsp3) is 0.250. The van der Waals surface area contributed by atoms with Crippen LogP contribution in [-0.4, -0.2) is 18.3 Å². The molecule has 0 aliphatic carbocycles. The van der Waals surface area contributed by atoms with Crippen molar-refractivity contribution in [2.75, 3.05) is 13.4 Å². The average molecular weight is 278 g/mol. The molecule has 4 nitrogen and oxygen atoms in total. The van der Waals surface area contributed by atoms with Crippen molar-refractivity contribution in [2.24, 2.45) is 0 Å². The first kappa shape index (κ1) is 11.3. The van der Waals surface area contributed by atoms with Gasteiger partial charge in [-0.15, -0.1) is 11.8 Å². The fourth-order valence-corrected chi connectivity index (χ4v) is 2.20. The van der Waals surface area contributed by atoms with Crippen LogP contribution in [0.2, 0.25) is 0 Å². The lowest BCUT2D eigenvalue weighted by Crippen LogP contribution is -1.93. The molecule has 1 aromatic carbocycles. The van der Waals surface area contributed by atoms with Gasteiger partial charge < -0.3 is 4.74 Å². The smallest absolute Gasteiger partial charge is 0.287 e. The Morgan fingerprint density at radius 1 is 1.57 bits per heavy atom. The molecule has 0 saturated carbocycles. The highest BCUT2D eigenvalue weighted by Gasteiger charge is 2.16. The first-order valence-corrected chi connectivity index (χ1v) is 5.67. The normalized spacial score (nSPS) is 9.93. The standard InChI is InChI=1S/C8H8BrNO3S/c1-13-7-4-6(10(11)12)5(9)3-8(7)14-2/h3-4H,1-2H3. The van der Waals surface area contributed by atoms with E-state index in [1.807, 2.05) is 6.26 Å². The number of hydrogen-bond acceptors (Lipinski definition) is 4. The summed E-state index contributed by atoms with van der Waals surface area (Å²) in [6.45, 7) is 0. The van der Waals surface area contributed by atoms with Crippen LogP contribution in [0, 0.1) is 10.1 Å². The number of nitrogens with zero attached hydrogens (tertiary/aromatic N) is 1. The molecule has 0 aromatic heterocycles. The van der Waals surface area contributed by atoms with Crippen molar-refractivity contribution < 1.29 is 9.66 Å². The van der Waals surface area contributed by atoms with E-state index in [0.717, 1.165) is 4.90 Å². The molecule has 0 heterocycles. The van der Waals surface area contributed by atoms with E-state index in [0.29, 0.717) is 10.2 Å². The zero-order valence-corrected chi connectivity index (χ0v) is 10.0. The van der Waals surface area contributed by atoms with Gasteiger partial charge >= 0.3 is 0 Å². The molecule has 0 saturated heterocycles. The van der Waals surface area contributed by atoms with E-state index in [1.54, 1.807) is 6.07 Å². The summed E-state index contributed by atoms with van der Waals surface area (Å²) >= 11 is 4.62. The zero-order valence-electron chi connectivity index (χ0n) is 7.61. The van der Waals surface area contributed by atoms with Crippen LogP contribution in [0.1, 0.15) is 0 Å². The zero-order chi connectivity index (χ0) is 10.7. The molecule has 0 N–H and O–H groups in total. The van der Waals surface area contributed by atoms with E-state index >= 15 is 0 Å². The quantitative estimate of drug-likeness (QED) is 0.484. The summed E-state index contributed by atoms with van der Waals surface area (Å²) in [6.07, 6.45) is 1.89. The Labute approximate surface area is 93.9 Å². The van der Waals surface area contributed by atoms with Crippen LogP contribution in [0.4, 0.5) is 5.69 Å². The molecule has 0 spiro atoms. The summed E-state index contributed by atoms with van der Waals surface area (Å²) in [4.78, 5) is 11.0. The number of benzene rings is 1. The Morgan fingerprint density at radius 2 is 2.21 bits per heavy atom. The summed E-state index contributed by atoms with van der Waals surface area (Å²) in [5.41, 5.74) is 0.0136. The molecule has 0 amide bonds. The molecule has 0 radical (unpaired) electrons. The van der Waals surface area contributed by atoms with Crippen LogP contribution in [0.25, 0.3) is 0 Å². The summed E-state index contributed by atoms with van der Waals surface area (Å²) < 4.78 is 5.50. The molecule has 1 aromatic rings. The second-order valence-electron chi connectivity index (χ2n) is 2.42. The molecule has 0 fully saturated rings. The molecule has 0 atom stereocenters. The highest BCUT2D eigenvalue weighted by atomic mass is 79.9. The minimum Gasteiger partial charge on any atom is -0.495 e. The highest BCUT2D eigenvalue weighted by molar-refractivity contribution is 9.10. The molecular weight excluding hydrogens is 270 g/mol. The van der Waals surface area contributed by atoms with Gasteiger partial charge in [0, 0.05) is 0 Å². The van der Waals surface area contributed by atoms with Crippen LogP contribution in [0.5, 0.6) is 5.75 Å². The Bertz CT molecular complexity index is 370. The van der Waals surface area contributed by atoms with E-state index in [1.165, 1.54) is 24.9 Å². The van der Waals surface area contributed by atoms with E-state index < -0.39 is 4.92 Å². The minimum atomic E-state index is -0.448. The minimum absolute atomic E-state index is 0.0136. The number of halogens is 1. The molecule has 0 bridgehead atoms. The predicted octanol–water partition coefficient (Wildman–Crippen LogP) is 3.09. The number of hydrogen-bond donors (Lipinski definition) is 0. The number of nitro benzene ring substituents is 1. The summed E-state index contributed by atoms with van der Waals surface area (Å²) in [7, 11) is 1.49. The lowest BCUT2D eigenvalue weighted by molar-refractivity contribution is -0.385.